The largest absolute Gasteiger partial charge is 0.370 e. The summed E-state index contributed by atoms with van der Waals surface area (Å²) in [5.41, 5.74) is 2.34. The normalized spacial score (nSPS) is 23.2. The van der Waals surface area contributed by atoms with Crippen molar-refractivity contribution >= 4 is 0 Å². The minimum Gasteiger partial charge on any atom is -0.370 e. The highest BCUT2D eigenvalue weighted by molar-refractivity contribution is 5.36. The molecule has 1 aliphatic heterocycles. The summed E-state index contributed by atoms with van der Waals surface area (Å²) in [6.07, 6.45) is 2.16. The highest BCUT2D eigenvalue weighted by atomic mass is 15.3. The van der Waals surface area contributed by atoms with Gasteiger partial charge in [-0.1, -0.05) is 0 Å². The fraction of sp³-hybridized carbons (Fsp3) is 0.571. The molecule has 1 saturated heterocycles. The van der Waals surface area contributed by atoms with Gasteiger partial charge in [0, 0.05) is 24.4 Å². The first-order valence-corrected chi connectivity index (χ1v) is 3.29. The summed E-state index contributed by atoms with van der Waals surface area (Å²) >= 11 is 0. The number of rotatable bonds is 1. The highest BCUT2D eigenvalue weighted by Crippen LogP contribution is 2.33. The summed E-state index contributed by atoms with van der Waals surface area (Å²) in [6, 6.07) is 2.21. The molecule has 0 atom stereocenters. The van der Waals surface area contributed by atoms with Crippen molar-refractivity contribution in [1.29, 1.82) is 5.26 Å². The van der Waals surface area contributed by atoms with Gasteiger partial charge in [-0.15, -0.1) is 0 Å². The van der Waals surface area contributed by atoms with Crippen molar-refractivity contribution in [2.75, 3.05) is 13.1 Å². The quantitative estimate of drug-likeness (QED) is 0.480. The third kappa shape index (κ3) is 0.613. The Kier molecular flexibility index (Phi) is 0.814. The van der Waals surface area contributed by atoms with Crippen LogP contribution < -0.4 is 0 Å². The van der Waals surface area contributed by atoms with Crippen molar-refractivity contribution in [2.45, 2.75) is 12.8 Å². The van der Waals surface area contributed by atoms with Crippen LogP contribution in [0.25, 0.3) is 0 Å². The molecule has 2 heteroatoms. The Labute approximate surface area is 54.4 Å². The summed E-state index contributed by atoms with van der Waals surface area (Å²) in [4.78, 5) is 2.27. The molecule has 1 heterocycles. The van der Waals surface area contributed by atoms with Crippen molar-refractivity contribution in [1.82, 2.24) is 4.90 Å². The maximum atomic E-state index is 8.50. The first-order valence-electron chi connectivity index (χ1n) is 3.29. The molecule has 0 N–H and O–H groups in total. The Hall–Kier alpha value is -0.970. The molecule has 0 aromatic carbocycles. The molecule has 0 radical (unpaired) electrons. The second-order valence-corrected chi connectivity index (χ2v) is 2.52. The summed E-state index contributed by atoms with van der Waals surface area (Å²) in [5.74, 6) is 0. The minimum absolute atomic E-state index is 1.02. The van der Waals surface area contributed by atoms with Gasteiger partial charge in [-0.05, 0) is 12.8 Å². The zero-order valence-corrected chi connectivity index (χ0v) is 5.22. The predicted molar refractivity (Wildman–Crippen MR) is 33.4 cm³/mol. The van der Waals surface area contributed by atoms with Gasteiger partial charge in [0.1, 0.15) is 0 Å². The van der Waals surface area contributed by atoms with Gasteiger partial charge in [-0.25, -0.2) is 0 Å². The monoisotopic (exact) mass is 120 g/mol. The van der Waals surface area contributed by atoms with Crippen LogP contribution in [0.2, 0.25) is 0 Å². The minimum atomic E-state index is 1.02. The third-order valence-electron chi connectivity index (χ3n) is 1.92. The highest BCUT2D eigenvalue weighted by Gasteiger charge is 2.28. The van der Waals surface area contributed by atoms with Crippen LogP contribution in [0.15, 0.2) is 11.3 Å². The summed E-state index contributed by atoms with van der Waals surface area (Å²) in [5, 5.41) is 8.50. The lowest BCUT2D eigenvalue weighted by Crippen LogP contribution is -2.10. The Morgan fingerprint density at radius 2 is 2.11 bits per heavy atom. The van der Waals surface area contributed by atoms with Crippen molar-refractivity contribution < 1.29 is 0 Å². The van der Waals surface area contributed by atoms with Crippen LogP contribution >= 0.6 is 0 Å². The Morgan fingerprint density at radius 1 is 1.33 bits per heavy atom. The average Bonchev–Trinajstić information content (AvgIpc) is 2.48. The molecule has 0 amide bonds. The number of nitriles is 1. The molecule has 0 saturated carbocycles. The van der Waals surface area contributed by atoms with Crippen LogP contribution in [0, 0.1) is 11.3 Å². The Balaban J connectivity index is 2.19. The van der Waals surface area contributed by atoms with Gasteiger partial charge in [-0.3, -0.25) is 0 Å². The molecule has 2 rings (SSSR count). The smallest absolute Gasteiger partial charge is 0.0965 e. The molecule has 46 valence electrons. The lowest BCUT2D eigenvalue weighted by Gasteiger charge is -2.19. The summed E-state index contributed by atoms with van der Waals surface area (Å²) in [7, 11) is 0. The maximum Gasteiger partial charge on any atom is 0.0965 e. The molecule has 2 aliphatic rings. The van der Waals surface area contributed by atoms with Crippen LogP contribution in [-0.2, 0) is 0 Å². The molecular formula is C7H8N2. The van der Waals surface area contributed by atoms with E-state index in [9.17, 15) is 0 Å². The van der Waals surface area contributed by atoms with E-state index in [2.05, 4.69) is 11.0 Å². The molecular weight excluding hydrogens is 112 g/mol. The standard InChI is InChI=1S/C7H8N2/c8-5-6-1-2-7(6)9-3-4-9/h1-4H2. The van der Waals surface area contributed by atoms with Crippen LogP contribution in [-0.4, -0.2) is 18.0 Å². The molecule has 1 aliphatic carbocycles. The van der Waals surface area contributed by atoms with Gasteiger partial charge < -0.3 is 4.90 Å². The summed E-state index contributed by atoms with van der Waals surface area (Å²) < 4.78 is 0. The van der Waals surface area contributed by atoms with Crippen molar-refractivity contribution in [2.24, 2.45) is 0 Å². The lowest BCUT2D eigenvalue weighted by molar-refractivity contribution is 0.583. The Bertz CT molecular complexity index is 205. The van der Waals surface area contributed by atoms with Gasteiger partial charge >= 0.3 is 0 Å². The van der Waals surface area contributed by atoms with E-state index in [-0.39, 0.29) is 0 Å². The van der Waals surface area contributed by atoms with Gasteiger partial charge in [0.05, 0.1) is 6.07 Å². The van der Waals surface area contributed by atoms with Gasteiger partial charge in [0.2, 0.25) is 0 Å². The average molecular weight is 120 g/mol. The third-order valence-corrected chi connectivity index (χ3v) is 1.92. The fourth-order valence-corrected chi connectivity index (χ4v) is 1.15. The molecule has 0 spiro atoms. The van der Waals surface area contributed by atoms with Crippen LogP contribution in [0.4, 0.5) is 0 Å². The maximum absolute atomic E-state index is 8.50. The lowest BCUT2D eigenvalue weighted by atomic mass is 9.95. The number of nitrogens with zero attached hydrogens (tertiary/aromatic N) is 2. The van der Waals surface area contributed by atoms with E-state index in [1.807, 2.05) is 0 Å². The molecule has 9 heavy (non-hydrogen) atoms. The molecule has 2 nitrogen and oxygen atoms in total. The molecule has 0 unspecified atom stereocenters. The second kappa shape index (κ2) is 1.51. The first-order chi connectivity index (χ1) is 4.42. The van der Waals surface area contributed by atoms with Crippen molar-refractivity contribution in [3.63, 3.8) is 0 Å². The van der Waals surface area contributed by atoms with Crippen LogP contribution in [0.5, 0.6) is 0 Å². The zero-order valence-electron chi connectivity index (χ0n) is 5.22. The molecule has 0 aromatic heterocycles. The van der Waals surface area contributed by atoms with Crippen LogP contribution in [0.1, 0.15) is 12.8 Å². The topological polar surface area (TPSA) is 26.8 Å². The predicted octanol–water partition coefficient (Wildman–Crippen LogP) is 0.873. The Morgan fingerprint density at radius 3 is 2.44 bits per heavy atom. The van der Waals surface area contributed by atoms with E-state index < -0.39 is 0 Å². The van der Waals surface area contributed by atoms with Crippen molar-refractivity contribution in [3.05, 3.63) is 11.3 Å². The van der Waals surface area contributed by atoms with E-state index >= 15 is 0 Å². The van der Waals surface area contributed by atoms with Gasteiger partial charge in [0.15, 0.2) is 0 Å². The van der Waals surface area contributed by atoms with E-state index in [4.69, 9.17) is 5.26 Å². The van der Waals surface area contributed by atoms with E-state index in [0.29, 0.717) is 0 Å². The summed E-state index contributed by atoms with van der Waals surface area (Å²) in [6.45, 7) is 2.36. The SMILES string of the molecule is N#CC1=C(N2CC2)CC1. The number of hydrogen-bond donors (Lipinski definition) is 0. The number of allylic oxidation sites excluding steroid dienone is 2. The van der Waals surface area contributed by atoms with Gasteiger partial charge in [0.25, 0.3) is 0 Å². The second-order valence-electron chi connectivity index (χ2n) is 2.52. The van der Waals surface area contributed by atoms with E-state index in [1.165, 1.54) is 18.8 Å². The molecule has 1 fully saturated rings. The van der Waals surface area contributed by atoms with E-state index in [0.717, 1.165) is 18.4 Å². The fourth-order valence-electron chi connectivity index (χ4n) is 1.15. The zero-order chi connectivity index (χ0) is 6.27. The number of hydrogen-bond acceptors (Lipinski definition) is 2. The van der Waals surface area contributed by atoms with Crippen LogP contribution in [0.3, 0.4) is 0 Å². The molecule has 0 bridgehead atoms. The van der Waals surface area contributed by atoms with Crippen molar-refractivity contribution in [3.8, 4) is 6.07 Å². The molecule has 0 aromatic rings. The van der Waals surface area contributed by atoms with Gasteiger partial charge in [-0.2, -0.15) is 5.26 Å². The first kappa shape index (κ1) is 4.87. The van der Waals surface area contributed by atoms with E-state index in [1.54, 1.807) is 0 Å².